The third kappa shape index (κ3) is 3.61. The lowest BCUT2D eigenvalue weighted by Gasteiger charge is -2.16. The lowest BCUT2D eigenvalue weighted by atomic mass is 10.0. The van der Waals surface area contributed by atoms with Crippen molar-refractivity contribution in [1.29, 1.82) is 0 Å². The zero-order valence-corrected chi connectivity index (χ0v) is 7.53. The molecule has 0 aromatic carbocycles. The Morgan fingerprint density at radius 3 is 2.85 bits per heavy atom. The molecule has 0 radical (unpaired) electrons. The van der Waals surface area contributed by atoms with Gasteiger partial charge in [-0.3, -0.25) is 10.1 Å². The fraction of sp³-hybridized carbons (Fsp3) is 0.667. The standard InChI is InChI=1S/C6H12N6O/c1-6(2,7)3-4(13)8-5-9-11-12-10-5/h3,7H2,1-2H3,(H2,8,9,10,11,12,13). The Hall–Kier alpha value is -1.50. The summed E-state index contributed by atoms with van der Waals surface area (Å²) in [7, 11) is 0. The van der Waals surface area contributed by atoms with Crippen molar-refractivity contribution in [2.45, 2.75) is 25.8 Å². The number of hydrogen-bond donors (Lipinski definition) is 3. The molecule has 0 aliphatic rings. The van der Waals surface area contributed by atoms with Crippen LogP contribution in [0.15, 0.2) is 0 Å². The molecule has 0 fully saturated rings. The molecule has 0 bridgehead atoms. The van der Waals surface area contributed by atoms with Crippen LogP contribution in [0.2, 0.25) is 0 Å². The number of aromatic amines is 1. The summed E-state index contributed by atoms with van der Waals surface area (Å²) in [6.45, 7) is 3.53. The summed E-state index contributed by atoms with van der Waals surface area (Å²) >= 11 is 0. The fourth-order valence-electron chi connectivity index (χ4n) is 0.797. The Morgan fingerprint density at radius 2 is 2.38 bits per heavy atom. The van der Waals surface area contributed by atoms with Gasteiger partial charge in [0, 0.05) is 12.0 Å². The number of anilines is 1. The van der Waals surface area contributed by atoms with Crippen molar-refractivity contribution in [1.82, 2.24) is 20.6 Å². The van der Waals surface area contributed by atoms with Crippen LogP contribution < -0.4 is 11.1 Å². The van der Waals surface area contributed by atoms with Crippen molar-refractivity contribution in [3.63, 3.8) is 0 Å². The lowest BCUT2D eigenvalue weighted by molar-refractivity contribution is -0.117. The van der Waals surface area contributed by atoms with Crippen LogP contribution in [0.4, 0.5) is 5.95 Å². The van der Waals surface area contributed by atoms with Crippen molar-refractivity contribution >= 4 is 11.9 Å². The Kier molecular flexibility index (Phi) is 2.57. The molecular formula is C6H12N6O. The summed E-state index contributed by atoms with van der Waals surface area (Å²) in [5.41, 5.74) is 5.11. The number of nitrogens with one attached hydrogen (secondary N) is 2. The minimum atomic E-state index is -0.534. The maximum absolute atomic E-state index is 11.2. The molecule has 7 heteroatoms. The van der Waals surface area contributed by atoms with E-state index < -0.39 is 5.54 Å². The van der Waals surface area contributed by atoms with Gasteiger partial charge in [0.15, 0.2) is 0 Å². The van der Waals surface area contributed by atoms with Crippen LogP contribution in [0.3, 0.4) is 0 Å². The van der Waals surface area contributed by atoms with Gasteiger partial charge in [-0.25, -0.2) is 0 Å². The summed E-state index contributed by atoms with van der Waals surface area (Å²) in [6, 6.07) is 0. The van der Waals surface area contributed by atoms with Gasteiger partial charge in [0.2, 0.25) is 5.91 Å². The molecule has 0 unspecified atom stereocenters. The van der Waals surface area contributed by atoms with Gasteiger partial charge >= 0.3 is 0 Å². The van der Waals surface area contributed by atoms with E-state index in [9.17, 15) is 4.79 Å². The molecule has 1 aromatic heterocycles. The number of nitrogens with zero attached hydrogens (tertiary/aromatic N) is 3. The normalized spacial score (nSPS) is 11.3. The SMILES string of the molecule is CC(C)(N)CC(=O)Nc1nn[nH]n1. The van der Waals surface area contributed by atoms with Crippen molar-refractivity contribution in [3.8, 4) is 0 Å². The molecule has 1 amide bonds. The Bertz CT molecular complexity index is 274. The van der Waals surface area contributed by atoms with Crippen molar-refractivity contribution in [2.24, 2.45) is 5.73 Å². The first-order chi connectivity index (χ1) is 5.97. The van der Waals surface area contributed by atoms with Gasteiger partial charge in [0.25, 0.3) is 5.95 Å². The molecule has 1 aromatic rings. The topological polar surface area (TPSA) is 110 Å². The van der Waals surface area contributed by atoms with E-state index in [4.69, 9.17) is 5.73 Å². The minimum absolute atomic E-state index is 0.161. The van der Waals surface area contributed by atoms with E-state index in [-0.39, 0.29) is 18.3 Å². The number of aromatic nitrogens is 4. The second-order valence-corrected chi connectivity index (χ2v) is 3.45. The van der Waals surface area contributed by atoms with E-state index in [1.54, 1.807) is 13.8 Å². The number of rotatable bonds is 3. The number of H-pyrrole nitrogens is 1. The van der Waals surface area contributed by atoms with Gasteiger partial charge in [0.1, 0.15) is 0 Å². The van der Waals surface area contributed by atoms with Crippen molar-refractivity contribution < 1.29 is 4.79 Å². The first-order valence-corrected chi connectivity index (χ1v) is 3.79. The van der Waals surface area contributed by atoms with Gasteiger partial charge in [-0.2, -0.15) is 5.21 Å². The third-order valence-corrected chi connectivity index (χ3v) is 1.21. The highest BCUT2D eigenvalue weighted by Crippen LogP contribution is 2.04. The number of tetrazole rings is 1. The number of carbonyl (C=O) groups is 1. The summed E-state index contributed by atoms with van der Waals surface area (Å²) < 4.78 is 0. The quantitative estimate of drug-likeness (QED) is 0.573. The third-order valence-electron chi connectivity index (χ3n) is 1.21. The first kappa shape index (κ1) is 9.59. The van der Waals surface area contributed by atoms with Gasteiger partial charge in [-0.05, 0) is 19.1 Å². The smallest absolute Gasteiger partial charge is 0.269 e. The number of carbonyl (C=O) groups excluding carboxylic acids is 1. The molecular weight excluding hydrogens is 172 g/mol. The molecule has 0 saturated heterocycles. The largest absolute Gasteiger partial charge is 0.325 e. The molecule has 0 spiro atoms. The summed E-state index contributed by atoms with van der Waals surface area (Å²) in [5.74, 6) is -0.0665. The maximum atomic E-state index is 11.2. The monoisotopic (exact) mass is 184 g/mol. The maximum Gasteiger partial charge on any atom is 0.269 e. The summed E-state index contributed by atoms with van der Waals surface area (Å²) in [5, 5.41) is 15.1. The molecule has 0 aliphatic carbocycles. The van der Waals surface area contributed by atoms with E-state index in [0.29, 0.717) is 0 Å². The van der Waals surface area contributed by atoms with E-state index in [0.717, 1.165) is 0 Å². The molecule has 72 valence electrons. The highest BCUT2D eigenvalue weighted by Gasteiger charge is 2.17. The van der Waals surface area contributed by atoms with Gasteiger partial charge < -0.3 is 5.73 Å². The average molecular weight is 184 g/mol. The second kappa shape index (κ2) is 3.48. The van der Waals surface area contributed by atoms with Crippen LogP contribution in [0.5, 0.6) is 0 Å². The first-order valence-electron chi connectivity index (χ1n) is 3.79. The molecule has 7 nitrogen and oxygen atoms in total. The van der Waals surface area contributed by atoms with Crippen LogP contribution in [-0.2, 0) is 4.79 Å². The molecule has 13 heavy (non-hydrogen) atoms. The molecule has 4 N–H and O–H groups in total. The molecule has 0 atom stereocenters. The Labute approximate surface area is 75.1 Å². The highest BCUT2D eigenvalue weighted by molar-refractivity contribution is 5.89. The molecule has 0 aliphatic heterocycles. The molecule has 1 heterocycles. The van der Waals surface area contributed by atoms with Gasteiger partial charge in [-0.15, -0.1) is 5.10 Å². The van der Waals surface area contributed by atoms with Crippen molar-refractivity contribution in [3.05, 3.63) is 0 Å². The van der Waals surface area contributed by atoms with E-state index in [1.165, 1.54) is 0 Å². The van der Waals surface area contributed by atoms with Crippen LogP contribution >= 0.6 is 0 Å². The number of hydrogen-bond acceptors (Lipinski definition) is 5. The Balaban J connectivity index is 2.43. The van der Waals surface area contributed by atoms with E-state index in [1.807, 2.05) is 0 Å². The van der Waals surface area contributed by atoms with Gasteiger partial charge in [0.05, 0.1) is 0 Å². The molecule has 0 saturated carbocycles. The summed E-state index contributed by atoms with van der Waals surface area (Å²) in [4.78, 5) is 11.2. The summed E-state index contributed by atoms with van der Waals surface area (Å²) in [6.07, 6.45) is 0.210. The molecule has 1 rings (SSSR count). The average Bonchev–Trinajstić information content (AvgIpc) is 2.34. The van der Waals surface area contributed by atoms with Gasteiger partial charge in [-0.1, -0.05) is 5.10 Å². The highest BCUT2D eigenvalue weighted by atomic mass is 16.1. The van der Waals surface area contributed by atoms with Crippen LogP contribution in [-0.4, -0.2) is 32.1 Å². The van der Waals surface area contributed by atoms with Crippen LogP contribution in [0.1, 0.15) is 20.3 Å². The fourth-order valence-corrected chi connectivity index (χ4v) is 0.797. The predicted molar refractivity (Wildman–Crippen MR) is 45.7 cm³/mol. The second-order valence-electron chi connectivity index (χ2n) is 3.45. The van der Waals surface area contributed by atoms with Crippen molar-refractivity contribution in [2.75, 3.05) is 5.32 Å². The number of nitrogens with two attached hydrogens (primary N) is 1. The Morgan fingerprint density at radius 1 is 1.69 bits per heavy atom. The van der Waals surface area contributed by atoms with E-state index in [2.05, 4.69) is 25.9 Å². The number of amides is 1. The van der Waals surface area contributed by atoms with E-state index >= 15 is 0 Å². The van der Waals surface area contributed by atoms with Crippen LogP contribution in [0, 0.1) is 0 Å². The predicted octanol–water partition coefficient (Wildman–Crippen LogP) is -0.734. The zero-order chi connectivity index (χ0) is 9.90. The van der Waals surface area contributed by atoms with Crippen LogP contribution in [0.25, 0.3) is 0 Å². The lowest BCUT2D eigenvalue weighted by Crippen LogP contribution is -2.36. The zero-order valence-electron chi connectivity index (χ0n) is 7.53. The minimum Gasteiger partial charge on any atom is -0.325 e.